The molecule has 2 N–H and O–H groups in total. The predicted molar refractivity (Wildman–Crippen MR) is 130 cm³/mol. The standard InChI is InChI=1S/C24H24ClN5O3S/c1-23(2)32-19-18(14-10-24(14,20(19)33-23)22(31)27-4)30-11-28-17-15(26-3)9-12(29-21(17)30)5-6-13-7-8-16(25)34-13/h7-9,11,14,18-20H,10H2,1-4H3,(H,26,29)(H,27,31)/t14?,18-,19?,20+,24-/m1/s1. The number of pyridine rings is 1. The number of hydrogen-bond acceptors (Lipinski definition) is 7. The van der Waals surface area contributed by atoms with Crippen molar-refractivity contribution >= 4 is 45.7 Å². The lowest BCUT2D eigenvalue weighted by Crippen LogP contribution is -2.40. The number of nitrogens with zero attached hydrogens (tertiary/aromatic N) is 3. The van der Waals surface area contributed by atoms with Crippen LogP contribution in [-0.2, 0) is 14.3 Å². The van der Waals surface area contributed by atoms with E-state index in [1.807, 2.05) is 43.7 Å². The number of anilines is 1. The van der Waals surface area contributed by atoms with Gasteiger partial charge >= 0.3 is 0 Å². The SMILES string of the molecule is CNC(=O)[C@]12CC1[C@@H](n1cnc3c(NC)cc(C#Cc4ccc(Cl)s4)nc31)C1OC(C)(C)O[C@@H]12. The second kappa shape index (κ2) is 7.43. The van der Waals surface area contributed by atoms with Crippen LogP contribution >= 0.6 is 22.9 Å². The van der Waals surface area contributed by atoms with Gasteiger partial charge in [0.15, 0.2) is 11.4 Å². The summed E-state index contributed by atoms with van der Waals surface area (Å²) < 4.78 is 15.4. The Labute approximate surface area is 206 Å². The molecule has 2 saturated carbocycles. The molecule has 1 saturated heterocycles. The Morgan fingerprint density at radius 3 is 2.82 bits per heavy atom. The van der Waals surface area contributed by atoms with Crippen molar-refractivity contribution in [3.63, 3.8) is 0 Å². The molecule has 34 heavy (non-hydrogen) atoms. The molecular formula is C24H24ClN5O3S. The van der Waals surface area contributed by atoms with Gasteiger partial charge < -0.3 is 24.7 Å². The van der Waals surface area contributed by atoms with Gasteiger partial charge in [-0.3, -0.25) is 4.79 Å². The Morgan fingerprint density at radius 2 is 2.12 bits per heavy atom. The fourth-order valence-corrected chi connectivity index (χ4v) is 6.58. The number of ether oxygens (including phenoxy) is 2. The van der Waals surface area contributed by atoms with E-state index in [1.165, 1.54) is 11.3 Å². The number of aromatic nitrogens is 3. The molecule has 10 heteroatoms. The van der Waals surface area contributed by atoms with E-state index in [0.29, 0.717) is 15.7 Å². The minimum absolute atomic E-state index is 0.00533. The van der Waals surface area contributed by atoms with Crippen LogP contribution in [0.5, 0.6) is 0 Å². The van der Waals surface area contributed by atoms with Crippen molar-refractivity contribution in [2.75, 3.05) is 19.4 Å². The Hall–Kier alpha value is -2.64. The highest BCUT2D eigenvalue weighted by Crippen LogP contribution is 2.71. The summed E-state index contributed by atoms with van der Waals surface area (Å²) in [4.78, 5) is 23.4. The molecule has 3 aromatic rings. The van der Waals surface area contributed by atoms with Crippen LogP contribution in [0.25, 0.3) is 11.2 Å². The number of fused-ring (bicyclic) bond motifs is 4. The van der Waals surface area contributed by atoms with Gasteiger partial charge in [-0.1, -0.05) is 11.6 Å². The summed E-state index contributed by atoms with van der Waals surface area (Å²) in [5.74, 6) is 5.62. The summed E-state index contributed by atoms with van der Waals surface area (Å²) in [6.45, 7) is 3.79. The number of imidazole rings is 1. The first-order valence-electron chi connectivity index (χ1n) is 11.2. The first kappa shape index (κ1) is 21.9. The quantitative estimate of drug-likeness (QED) is 0.539. The minimum Gasteiger partial charge on any atom is -0.386 e. The minimum atomic E-state index is -0.763. The molecule has 0 bridgehead atoms. The molecule has 0 aromatic carbocycles. The molecule has 3 fully saturated rings. The van der Waals surface area contributed by atoms with Crippen LogP contribution in [0, 0.1) is 23.2 Å². The fourth-order valence-electron chi connectivity index (χ4n) is 5.69. The van der Waals surface area contributed by atoms with Crippen molar-refractivity contribution in [1.29, 1.82) is 0 Å². The second-order valence-corrected chi connectivity index (χ2v) is 11.1. The number of rotatable bonds is 3. The topological polar surface area (TPSA) is 90.3 Å². The van der Waals surface area contributed by atoms with Crippen molar-refractivity contribution in [2.45, 2.75) is 44.3 Å². The highest BCUT2D eigenvalue weighted by Gasteiger charge is 2.79. The zero-order chi connectivity index (χ0) is 23.8. The average molecular weight is 498 g/mol. The highest BCUT2D eigenvalue weighted by atomic mass is 35.5. The van der Waals surface area contributed by atoms with Crippen molar-refractivity contribution < 1.29 is 14.3 Å². The van der Waals surface area contributed by atoms with E-state index in [-0.39, 0.29) is 30.1 Å². The zero-order valence-electron chi connectivity index (χ0n) is 19.2. The van der Waals surface area contributed by atoms with E-state index in [2.05, 4.69) is 27.5 Å². The van der Waals surface area contributed by atoms with E-state index in [4.69, 9.17) is 26.1 Å². The summed E-state index contributed by atoms with van der Waals surface area (Å²) in [5.41, 5.74) is 2.33. The third-order valence-electron chi connectivity index (χ3n) is 7.10. The van der Waals surface area contributed by atoms with E-state index >= 15 is 0 Å². The summed E-state index contributed by atoms with van der Waals surface area (Å²) in [6, 6.07) is 5.50. The number of carbonyl (C=O) groups is 1. The van der Waals surface area contributed by atoms with Gasteiger partial charge in [0.05, 0.1) is 32.7 Å². The van der Waals surface area contributed by atoms with E-state index < -0.39 is 11.2 Å². The summed E-state index contributed by atoms with van der Waals surface area (Å²) in [6.07, 6.45) is 1.95. The molecule has 176 valence electrons. The van der Waals surface area contributed by atoms with Gasteiger partial charge in [-0.2, -0.15) is 0 Å². The Kier molecular flexibility index (Phi) is 4.78. The van der Waals surface area contributed by atoms with Gasteiger partial charge in [0.25, 0.3) is 0 Å². The van der Waals surface area contributed by atoms with E-state index in [9.17, 15) is 4.79 Å². The van der Waals surface area contributed by atoms with Crippen LogP contribution in [0.15, 0.2) is 24.5 Å². The number of carbonyl (C=O) groups excluding carboxylic acids is 1. The fraction of sp³-hybridized carbons (Fsp3) is 0.458. The molecular weight excluding hydrogens is 474 g/mol. The van der Waals surface area contributed by atoms with Crippen molar-refractivity contribution in [2.24, 2.45) is 11.3 Å². The summed E-state index contributed by atoms with van der Waals surface area (Å²) >= 11 is 7.46. The summed E-state index contributed by atoms with van der Waals surface area (Å²) in [7, 11) is 3.53. The second-order valence-electron chi connectivity index (χ2n) is 9.42. The van der Waals surface area contributed by atoms with Gasteiger partial charge in [0.2, 0.25) is 5.91 Å². The number of halogens is 1. The predicted octanol–water partition coefficient (Wildman–Crippen LogP) is 3.41. The van der Waals surface area contributed by atoms with Crippen molar-refractivity contribution in [3.05, 3.63) is 39.4 Å². The largest absolute Gasteiger partial charge is 0.386 e. The first-order chi connectivity index (χ1) is 16.3. The van der Waals surface area contributed by atoms with Crippen molar-refractivity contribution in [1.82, 2.24) is 19.9 Å². The lowest BCUT2D eigenvalue weighted by Gasteiger charge is -2.24. The van der Waals surface area contributed by atoms with Gasteiger partial charge in [0, 0.05) is 20.0 Å². The number of amides is 1. The van der Waals surface area contributed by atoms with Crippen LogP contribution in [0.3, 0.4) is 0 Å². The third-order valence-corrected chi connectivity index (χ3v) is 8.25. The molecule has 4 heterocycles. The Bertz CT molecular complexity index is 1390. The lowest BCUT2D eigenvalue weighted by molar-refractivity contribution is -0.164. The maximum absolute atomic E-state index is 13.0. The molecule has 2 unspecified atom stereocenters. The van der Waals surface area contributed by atoms with Gasteiger partial charge in [-0.15, -0.1) is 11.3 Å². The normalized spacial score (nSPS) is 30.4. The lowest BCUT2D eigenvalue weighted by atomic mass is 9.98. The van der Waals surface area contributed by atoms with Crippen LogP contribution in [0.1, 0.15) is 36.9 Å². The van der Waals surface area contributed by atoms with Gasteiger partial charge in [-0.05, 0) is 50.3 Å². The number of nitrogens with one attached hydrogen (secondary N) is 2. The molecule has 1 aliphatic heterocycles. The third kappa shape index (κ3) is 3.09. The summed E-state index contributed by atoms with van der Waals surface area (Å²) in [5, 5.41) is 6.05. The molecule has 2 aliphatic carbocycles. The van der Waals surface area contributed by atoms with Crippen LogP contribution in [-0.4, -0.2) is 52.5 Å². The molecule has 6 rings (SSSR count). The molecule has 3 aliphatic rings. The van der Waals surface area contributed by atoms with Crippen LogP contribution in [0.2, 0.25) is 4.34 Å². The molecule has 1 amide bonds. The Balaban J connectivity index is 1.45. The molecule has 0 spiro atoms. The number of hydrogen-bond donors (Lipinski definition) is 2. The van der Waals surface area contributed by atoms with E-state index in [0.717, 1.165) is 22.5 Å². The van der Waals surface area contributed by atoms with Crippen molar-refractivity contribution in [3.8, 4) is 11.8 Å². The smallest absolute Gasteiger partial charge is 0.229 e. The molecule has 8 nitrogen and oxygen atoms in total. The van der Waals surface area contributed by atoms with Crippen LogP contribution in [0.4, 0.5) is 5.69 Å². The average Bonchev–Trinajstić information content (AvgIpc) is 3.09. The first-order valence-corrected chi connectivity index (χ1v) is 12.4. The molecule has 5 atom stereocenters. The maximum atomic E-state index is 13.0. The number of thiophene rings is 1. The Morgan fingerprint density at radius 1 is 1.29 bits per heavy atom. The van der Waals surface area contributed by atoms with Crippen LogP contribution < -0.4 is 10.6 Å². The monoisotopic (exact) mass is 497 g/mol. The van der Waals surface area contributed by atoms with Gasteiger partial charge in [0.1, 0.15) is 23.4 Å². The molecule has 3 aromatic heterocycles. The highest BCUT2D eigenvalue weighted by molar-refractivity contribution is 7.16. The van der Waals surface area contributed by atoms with Gasteiger partial charge in [-0.25, -0.2) is 9.97 Å². The maximum Gasteiger partial charge on any atom is 0.229 e. The van der Waals surface area contributed by atoms with E-state index in [1.54, 1.807) is 13.4 Å². The zero-order valence-corrected chi connectivity index (χ0v) is 20.8. The molecule has 0 radical (unpaired) electrons.